The molecule has 0 aromatic heterocycles. The van der Waals surface area contributed by atoms with E-state index in [0.717, 1.165) is 0 Å². The second-order valence-corrected chi connectivity index (χ2v) is 2.69. The molecule has 1 N–H and O–H groups in total. The molecule has 1 rings (SSSR count). The number of carbonyl (C=O) groups is 1. The number of aliphatic carboxylic acids is 1. The molecule has 4 heteroatoms. The predicted molar refractivity (Wildman–Crippen MR) is 50.4 cm³/mol. The minimum absolute atomic E-state index is 0.00977. The third-order valence-electron chi connectivity index (χ3n) is 1.70. The lowest BCUT2D eigenvalue weighted by atomic mass is 10.3. The average molecular weight is 196 g/mol. The van der Waals surface area contributed by atoms with E-state index >= 15 is 0 Å². The van der Waals surface area contributed by atoms with Crippen molar-refractivity contribution in [2.24, 2.45) is 0 Å². The number of ether oxygens (including phenoxy) is 2. The van der Waals surface area contributed by atoms with Crippen LogP contribution >= 0.6 is 0 Å². The molecule has 1 atom stereocenters. The topological polar surface area (TPSA) is 55.8 Å². The molecule has 0 radical (unpaired) electrons. The van der Waals surface area contributed by atoms with Crippen molar-refractivity contribution >= 4 is 5.97 Å². The zero-order valence-corrected chi connectivity index (χ0v) is 7.84. The van der Waals surface area contributed by atoms with Gasteiger partial charge in [-0.05, 0) is 12.1 Å². The summed E-state index contributed by atoms with van der Waals surface area (Å²) in [6.45, 7) is 0.00977. The standard InChI is InChI=1S/C10H12O4/c1-13-9(10(11)12)7-14-8-5-3-2-4-6-8/h2-6,9H,7H2,1H3,(H,11,12). The van der Waals surface area contributed by atoms with E-state index < -0.39 is 12.1 Å². The number of para-hydroxylation sites is 1. The van der Waals surface area contributed by atoms with Gasteiger partial charge in [-0.1, -0.05) is 18.2 Å². The lowest BCUT2D eigenvalue weighted by Gasteiger charge is -2.11. The fourth-order valence-electron chi connectivity index (χ4n) is 0.929. The van der Waals surface area contributed by atoms with E-state index in [0.29, 0.717) is 5.75 Å². The minimum Gasteiger partial charge on any atom is -0.490 e. The number of carboxylic acids is 1. The average Bonchev–Trinajstić information content (AvgIpc) is 2.20. The molecule has 0 heterocycles. The van der Waals surface area contributed by atoms with Crippen LogP contribution in [0.25, 0.3) is 0 Å². The van der Waals surface area contributed by atoms with Gasteiger partial charge in [0.15, 0.2) is 6.10 Å². The monoisotopic (exact) mass is 196 g/mol. The Hall–Kier alpha value is -1.55. The lowest BCUT2D eigenvalue weighted by Crippen LogP contribution is -2.29. The number of hydrogen-bond acceptors (Lipinski definition) is 3. The van der Waals surface area contributed by atoms with Crippen LogP contribution in [0.15, 0.2) is 30.3 Å². The summed E-state index contributed by atoms with van der Waals surface area (Å²) in [4.78, 5) is 10.5. The minimum atomic E-state index is -1.02. The van der Waals surface area contributed by atoms with Gasteiger partial charge in [-0.2, -0.15) is 0 Å². The van der Waals surface area contributed by atoms with Crippen molar-refractivity contribution in [3.05, 3.63) is 30.3 Å². The third kappa shape index (κ3) is 3.06. The number of hydrogen-bond donors (Lipinski definition) is 1. The Balaban J connectivity index is 2.44. The van der Waals surface area contributed by atoms with Crippen LogP contribution in [0.2, 0.25) is 0 Å². The van der Waals surface area contributed by atoms with E-state index in [9.17, 15) is 4.79 Å². The molecule has 0 saturated heterocycles. The lowest BCUT2D eigenvalue weighted by molar-refractivity contribution is -0.150. The molecule has 0 amide bonds. The van der Waals surface area contributed by atoms with E-state index in [1.165, 1.54) is 7.11 Å². The summed E-state index contributed by atoms with van der Waals surface area (Å²) >= 11 is 0. The van der Waals surface area contributed by atoms with Crippen molar-refractivity contribution in [1.82, 2.24) is 0 Å². The summed E-state index contributed by atoms with van der Waals surface area (Å²) in [6, 6.07) is 9.01. The summed E-state index contributed by atoms with van der Waals surface area (Å²) < 4.78 is 9.92. The second kappa shape index (κ2) is 5.24. The van der Waals surface area contributed by atoms with Gasteiger partial charge in [-0.3, -0.25) is 0 Å². The highest BCUT2D eigenvalue weighted by Crippen LogP contribution is 2.08. The van der Waals surface area contributed by atoms with E-state index in [-0.39, 0.29) is 6.61 Å². The molecule has 0 aliphatic carbocycles. The zero-order chi connectivity index (χ0) is 10.4. The SMILES string of the molecule is COC(COc1ccccc1)C(=O)O. The molecule has 1 unspecified atom stereocenters. The van der Waals surface area contributed by atoms with Crippen LogP contribution in [0.1, 0.15) is 0 Å². The van der Waals surface area contributed by atoms with Crippen LogP contribution in [-0.4, -0.2) is 30.9 Å². The van der Waals surface area contributed by atoms with E-state index in [4.69, 9.17) is 14.6 Å². The third-order valence-corrected chi connectivity index (χ3v) is 1.70. The number of rotatable bonds is 5. The van der Waals surface area contributed by atoms with Crippen LogP contribution in [0, 0.1) is 0 Å². The smallest absolute Gasteiger partial charge is 0.336 e. The first-order valence-corrected chi connectivity index (χ1v) is 4.17. The molecule has 76 valence electrons. The van der Waals surface area contributed by atoms with Crippen molar-refractivity contribution < 1.29 is 19.4 Å². The normalized spacial score (nSPS) is 12.1. The molecule has 1 aromatic carbocycles. The van der Waals surface area contributed by atoms with E-state index in [1.807, 2.05) is 18.2 Å². The molecular formula is C10H12O4. The quantitative estimate of drug-likeness (QED) is 0.767. The second-order valence-electron chi connectivity index (χ2n) is 2.69. The molecule has 14 heavy (non-hydrogen) atoms. The molecule has 1 aromatic rings. The van der Waals surface area contributed by atoms with Crippen LogP contribution in [0.3, 0.4) is 0 Å². The Morgan fingerprint density at radius 3 is 2.57 bits per heavy atom. The van der Waals surface area contributed by atoms with E-state index in [2.05, 4.69) is 0 Å². The summed E-state index contributed by atoms with van der Waals surface area (Å²) in [5.74, 6) is -0.390. The summed E-state index contributed by atoms with van der Waals surface area (Å²) in [5, 5.41) is 8.65. The van der Waals surface area contributed by atoms with Crippen molar-refractivity contribution in [2.75, 3.05) is 13.7 Å². The van der Waals surface area contributed by atoms with Gasteiger partial charge in [-0.15, -0.1) is 0 Å². The number of benzene rings is 1. The first-order valence-electron chi connectivity index (χ1n) is 4.17. The Morgan fingerprint density at radius 2 is 2.07 bits per heavy atom. The Bertz CT molecular complexity index is 283. The summed E-state index contributed by atoms with van der Waals surface area (Å²) in [6.07, 6.45) is -0.921. The van der Waals surface area contributed by atoms with Crippen LogP contribution < -0.4 is 4.74 Å². The molecule has 0 spiro atoms. The van der Waals surface area contributed by atoms with Gasteiger partial charge < -0.3 is 14.6 Å². The fraction of sp³-hybridized carbons (Fsp3) is 0.300. The van der Waals surface area contributed by atoms with Gasteiger partial charge in [0.2, 0.25) is 0 Å². The highest BCUT2D eigenvalue weighted by molar-refractivity contribution is 5.72. The summed E-state index contributed by atoms with van der Waals surface area (Å²) in [5.41, 5.74) is 0. The molecular weight excluding hydrogens is 184 g/mol. The first-order chi connectivity index (χ1) is 6.74. The maximum absolute atomic E-state index is 10.5. The molecule has 4 nitrogen and oxygen atoms in total. The Kier molecular flexibility index (Phi) is 3.94. The van der Waals surface area contributed by atoms with Gasteiger partial charge in [0.05, 0.1) is 0 Å². The molecule has 0 aliphatic heterocycles. The van der Waals surface area contributed by atoms with Gasteiger partial charge >= 0.3 is 5.97 Å². The molecule has 0 aliphatic rings. The van der Waals surface area contributed by atoms with E-state index in [1.54, 1.807) is 12.1 Å². The van der Waals surface area contributed by atoms with Gasteiger partial charge in [0, 0.05) is 7.11 Å². The first kappa shape index (κ1) is 10.5. The van der Waals surface area contributed by atoms with Crippen molar-refractivity contribution in [3.8, 4) is 5.75 Å². The van der Waals surface area contributed by atoms with Crippen LogP contribution in [0.4, 0.5) is 0 Å². The van der Waals surface area contributed by atoms with Crippen molar-refractivity contribution in [2.45, 2.75) is 6.10 Å². The van der Waals surface area contributed by atoms with Gasteiger partial charge in [0.1, 0.15) is 12.4 Å². The fourth-order valence-corrected chi connectivity index (χ4v) is 0.929. The maximum Gasteiger partial charge on any atom is 0.336 e. The molecule has 0 saturated carbocycles. The molecule has 0 bridgehead atoms. The summed E-state index contributed by atoms with van der Waals surface area (Å²) in [7, 11) is 1.34. The van der Waals surface area contributed by atoms with Crippen molar-refractivity contribution in [1.29, 1.82) is 0 Å². The number of carboxylic acid groups (broad SMARTS) is 1. The van der Waals surface area contributed by atoms with Gasteiger partial charge in [-0.25, -0.2) is 4.79 Å². The largest absolute Gasteiger partial charge is 0.490 e. The Labute approximate surface area is 82.1 Å². The van der Waals surface area contributed by atoms with Crippen LogP contribution in [0.5, 0.6) is 5.75 Å². The molecule has 0 fully saturated rings. The van der Waals surface area contributed by atoms with Crippen LogP contribution in [-0.2, 0) is 9.53 Å². The van der Waals surface area contributed by atoms with Crippen molar-refractivity contribution in [3.63, 3.8) is 0 Å². The highest BCUT2D eigenvalue weighted by Gasteiger charge is 2.16. The zero-order valence-electron chi connectivity index (χ0n) is 7.84. The van der Waals surface area contributed by atoms with Gasteiger partial charge in [0.25, 0.3) is 0 Å². The maximum atomic E-state index is 10.5. The number of methoxy groups -OCH3 is 1. The predicted octanol–water partition coefficient (Wildman–Crippen LogP) is 1.16. The highest BCUT2D eigenvalue weighted by atomic mass is 16.5. The Morgan fingerprint density at radius 1 is 1.43 bits per heavy atom.